The number of rotatable bonds is 1. The first kappa shape index (κ1) is 12.6. The maximum atomic E-state index is 11.7. The Morgan fingerprint density at radius 3 is 2.11 bits per heavy atom. The molecule has 7 nitrogen and oxygen atoms in total. The fourth-order valence-corrected chi connectivity index (χ4v) is 1.86. The largest absolute Gasteiger partial charge is 0.506 e. The molecule has 0 aromatic heterocycles. The molecule has 0 spiro atoms. The summed E-state index contributed by atoms with van der Waals surface area (Å²) in [6.45, 7) is 0.971. The molecule has 0 atom stereocenters. The van der Waals surface area contributed by atoms with E-state index in [2.05, 4.69) is 0 Å². The van der Waals surface area contributed by atoms with E-state index < -0.39 is 57.1 Å². The fraction of sp³-hybridized carbons (Fsp3) is 0.0833. The van der Waals surface area contributed by atoms with Crippen LogP contribution in [0, 0.1) is 0 Å². The number of fused-ring (bicyclic) bond motifs is 1. The molecule has 0 heterocycles. The molecule has 2 rings (SSSR count). The summed E-state index contributed by atoms with van der Waals surface area (Å²) in [4.78, 5) is 34.6. The van der Waals surface area contributed by atoms with Crippen molar-refractivity contribution in [3.63, 3.8) is 0 Å². The van der Waals surface area contributed by atoms with Gasteiger partial charge in [-0.15, -0.1) is 0 Å². The molecule has 1 aliphatic rings. The van der Waals surface area contributed by atoms with Crippen LogP contribution in [0.15, 0.2) is 11.6 Å². The molecule has 1 aromatic carbocycles. The number of phenols is 3. The number of aromatic hydroxyl groups is 3. The van der Waals surface area contributed by atoms with Crippen LogP contribution in [-0.2, 0) is 9.59 Å². The van der Waals surface area contributed by atoms with Crippen LogP contribution >= 0.6 is 0 Å². The lowest BCUT2D eigenvalue weighted by Crippen LogP contribution is -2.27. The third kappa shape index (κ3) is 1.55. The lowest BCUT2D eigenvalue weighted by molar-refractivity contribution is -0.118. The van der Waals surface area contributed by atoms with Gasteiger partial charge in [-0.3, -0.25) is 14.4 Å². The maximum absolute atomic E-state index is 11.7. The Labute approximate surface area is 106 Å². The Hall–Kier alpha value is -2.83. The van der Waals surface area contributed by atoms with E-state index in [1.807, 2.05) is 0 Å². The molecule has 0 radical (unpaired) electrons. The number of hydrogen-bond acceptors (Lipinski definition) is 7. The smallest absolute Gasteiger partial charge is 0.240 e. The van der Waals surface area contributed by atoms with E-state index in [0.717, 1.165) is 13.0 Å². The monoisotopic (exact) mass is 264 g/mol. The van der Waals surface area contributed by atoms with Gasteiger partial charge >= 0.3 is 0 Å². The molecular formula is C12H8O7. The van der Waals surface area contributed by atoms with E-state index in [-0.39, 0.29) is 0 Å². The molecule has 0 aliphatic heterocycles. The van der Waals surface area contributed by atoms with Gasteiger partial charge in [0.15, 0.2) is 17.3 Å². The number of benzene rings is 1. The van der Waals surface area contributed by atoms with Crippen LogP contribution in [0.2, 0.25) is 0 Å². The van der Waals surface area contributed by atoms with Gasteiger partial charge in [-0.2, -0.15) is 0 Å². The maximum Gasteiger partial charge on any atom is 0.240 e. The van der Waals surface area contributed by atoms with Gasteiger partial charge in [0.25, 0.3) is 0 Å². The number of aliphatic hydroxyl groups excluding tert-OH is 1. The summed E-state index contributed by atoms with van der Waals surface area (Å²) in [5.74, 6) is -6.92. The molecule has 19 heavy (non-hydrogen) atoms. The topological polar surface area (TPSA) is 132 Å². The standard InChI is InChI=1S/C12H8O7/c1-3(13)6-10(17)7-4(8(15)11(6)18)2-5(14)9(16)12(7)19/h2,14,16-17,19H,1H3. The van der Waals surface area contributed by atoms with Crippen molar-refractivity contribution < 1.29 is 34.8 Å². The van der Waals surface area contributed by atoms with Crippen LogP contribution in [0.25, 0.3) is 5.76 Å². The van der Waals surface area contributed by atoms with Gasteiger partial charge in [0, 0.05) is 5.56 Å². The Bertz CT molecular complexity index is 682. The minimum atomic E-state index is -1.23. The van der Waals surface area contributed by atoms with Gasteiger partial charge in [-0.05, 0) is 13.0 Å². The third-order valence-electron chi connectivity index (χ3n) is 2.76. The Morgan fingerprint density at radius 2 is 1.58 bits per heavy atom. The molecule has 0 fully saturated rings. The highest BCUT2D eigenvalue weighted by molar-refractivity contribution is 6.57. The average molecular weight is 264 g/mol. The molecule has 0 saturated carbocycles. The lowest BCUT2D eigenvalue weighted by Gasteiger charge is -2.18. The highest BCUT2D eigenvalue weighted by atomic mass is 16.3. The van der Waals surface area contributed by atoms with E-state index in [4.69, 9.17) is 0 Å². The summed E-state index contributed by atoms with van der Waals surface area (Å²) < 4.78 is 0. The summed E-state index contributed by atoms with van der Waals surface area (Å²) in [6.07, 6.45) is 0. The molecule has 1 aromatic rings. The number of carbonyl (C=O) groups excluding carboxylic acids is 3. The van der Waals surface area contributed by atoms with Crippen molar-refractivity contribution in [3.05, 3.63) is 22.8 Å². The Morgan fingerprint density at radius 1 is 1.00 bits per heavy atom. The average Bonchev–Trinajstić information content (AvgIpc) is 2.32. The van der Waals surface area contributed by atoms with Crippen molar-refractivity contribution in [2.24, 2.45) is 0 Å². The molecule has 0 bridgehead atoms. The summed E-state index contributed by atoms with van der Waals surface area (Å²) in [7, 11) is 0. The fourth-order valence-electron chi connectivity index (χ4n) is 1.86. The minimum Gasteiger partial charge on any atom is -0.506 e. The normalized spacial score (nSPS) is 14.6. The van der Waals surface area contributed by atoms with Crippen molar-refractivity contribution in [2.75, 3.05) is 0 Å². The summed E-state index contributed by atoms with van der Waals surface area (Å²) in [5.41, 5.74) is -1.80. The van der Waals surface area contributed by atoms with Crippen molar-refractivity contribution in [1.29, 1.82) is 0 Å². The first-order chi connectivity index (χ1) is 8.77. The van der Waals surface area contributed by atoms with Crippen LogP contribution in [0.1, 0.15) is 22.8 Å². The number of carbonyl (C=O) groups is 3. The Kier molecular flexibility index (Phi) is 2.55. The predicted octanol–water partition coefficient (Wildman–Crippen LogP) is 0.427. The van der Waals surface area contributed by atoms with E-state index in [0.29, 0.717) is 0 Å². The first-order valence-electron chi connectivity index (χ1n) is 5.08. The zero-order valence-electron chi connectivity index (χ0n) is 9.59. The number of phenolic OH excluding ortho intramolecular Hbond substituents is 3. The van der Waals surface area contributed by atoms with E-state index in [1.54, 1.807) is 0 Å². The SMILES string of the molecule is CC(=O)C1=C(O)c2c(cc(O)c(O)c2O)C(=O)C1=O. The van der Waals surface area contributed by atoms with Gasteiger partial charge in [-0.1, -0.05) is 0 Å². The summed E-state index contributed by atoms with van der Waals surface area (Å²) in [5, 5.41) is 38.1. The molecule has 0 amide bonds. The van der Waals surface area contributed by atoms with Gasteiger partial charge in [-0.25, -0.2) is 0 Å². The predicted molar refractivity (Wildman–Crippen MR) is 61.0 cm³/mol. The number of ketones is 3. The molecule has 4 N–H and O–H groups in total. The second-order valence-electron chi connectivity index (χ2n) is 3.95. The van der Waals surface area contributed by atoms with Crippen molar-refractivity contribution >= 4 is 23.1 Å². The van der Waals surface area contributed by atoms with Crippen LogP contribution in [-0.4, -0.2) is 37.8 Å². The van der Waals surface area contributed by atoms with Crippen molar-refractivity contribution in [1.82, 2.24) is 0 Å². The van der Waals surface area contributed by atoms with Gasteiger partial charge in [0.05, 0.1) is 5.56 Å². The third-order valence-corrected chi connectivity index (χ3v) is 2.76. The van der Waals surface area contributed by atoms with Crippen LogP contribution in [0.3, 0.4) is 0 Å². The van der Waals surface area contributed by atoms with E-state index >= 15 is 0 Å². The van der Waals surface area contributed by atoms with Crippen molar-refractivity contribution in [2.45, 2.75) is 6.92 Å². The van der Waals surface area contributed by atoms with Gasteiger partial charge in [0.2, 0.25) is 17.3 Å². The van der Waals surface area contributed by atoms with Crippen LogP contribution < -0.4 is 0 Å². The molecular weight excluding hydrogens is 256 g/mol. The molecule has 98 valence electrons. The number of aliphatic hydroxyl groups is 1. The highest BCUT2D eigenvalue weighted by Crippen LogP contribution is 2.44. The van der Waals surface area contributed by atoms with Crippen molar-refractivity contribution in [3.8, 4) is 17.2 Å². The number of hydrogen-bond donors (Lipinski definition) is 4. The molecule has 0 unspecified atom stereocenters. The zero-order valence-corrected chi connectivity index (χ0v) is 9.59. The zero-order chi connectivity index (χ0) is 14.5. The minimum absolute atomic E-state index is 0.486. The van der Waals surface area contributed by atoms with Crippen LogP contribution in [0.4, 0.5) is 0 Å². The molecule has 7 heteroatoms. The van der Waals surface area contributed by atoms with Gasteiger partial charge < -0.3 is 20.4 Å². The second-order valence-corrected chi connectivity index (χ2v) is 3.95. The summed E-state index contributed by atoms with van der Waals surface area (Å²) in [6, 6.07) is 0.734. The van der Waals surface area contributed by atoms with Gasteiger partial charge in [0.1, 0.15) is 11.3 Å². The summed E-state index contributed by atoms with van der Waals surface area (Å²) >= 11 is 0. The van der Waals surface area contributed by atoms with E-state index in [1.165, 1.54) is 0 Å². The Balaban J connectivity index is 2.93. The second kappa shape index (κ2) is 3.84. The molecule has 1 aliphatic carbocycles. The number of allylic oxidation sites excluding steroid dienone is 1. The van der Waals surface area contributed by atoms with E-state index in [9.17, 15) is 34.8 Å². The first-order valence-corrected chi connectivity index (χ1v) is 5.08. The molecule has 0 saturated heterocycles. The number of Topliss-reactive ketones (excluding diaryl/α,β-unsaturated/α-hetero) is 3. The van der Waals surface area contributed by atoms with Crippen LogP contribution in [0.5, 0.6) is 17.2 Å². The lowest BCUT2D eigenvalue weighted by atomic mass is 9.86. The quantitative estimate of drug-likeness (QED) is 0.328. The highest BCUT2D eigenvalue weighted by Gasteiger charge is 2.38.